The molecule has 4 heterocycles. The molecule has 8 heteroatoms. The van der Waals surface area contributed by atoms with Gasteiger partial charge in [-0.3, -0.25) is 10.1 Å². The minimum absolute atomic E-state index is 0.0270. The molecule has 0 aliphatic carbocycles. The molecular formula is C15H17ClN4O3. The first-order valence-corrected chi connectivity index (χ1v) is 8.17. The Balaban J connectivity index is 1.68. The maximum absolute atomic E-state index is 11.6. The molecule has 3 aliphatic heterocycles. The standard InChI is InChI=1S/C15H17ClN4O3/c16-12-5-4-10(8-17-12)9-18-6-7-19-13-3-1-2-11(23-13)14(15(18)19)20(21)22/h4-5,8,11,13H,1-3,6-7,9H2. The first kappa shape index (κ1) is 14.7. The Kier molecular flexibility index (Phi) is 3.61. The van der Waals surface area contributed by atoms with Gasteiger partial charge in [0.15, 0.2) is 11.9 Å². The van der Waals surface area contributed by atoms with E-state index in [0.29, 0.717) is 11.7 Å². The molecule has 122 valence electrons. The van der Waals surface area contributed by atoms with E-state index in [-0.39, 0.29) is 23.0 Å². The topological polar surface area (TPSA) is 71.7 Å². The van der Waals surface area contributed by atoms with Crippen LogP contribution in [0.15, 0.2) is 29.8 Å². The van der Waals surface area contributed by atoms with Crippen LogP contribution in [0.4, 0.5) is 0 Å². The van der Waals surface area contributed by atoms with Crippen molar-refractivity contribution >= 4 is 11.6 Å². The molecule has 2 bridgehead atoms. The van der Waals surface area contributed by atoms with E-state index in [4.69, 9.17) is 16.3 Å². The lowest BCUT2D eigenvalue weighted by Gasteiger charge is -2.41. The van der Waals surface area contributed by atoms with Crippen molar-refractivity contribution in [1.29, 1.82) is 0 Å². The summed E-state index contributed by atoms with van der Waals surface area (Å²) in [6.07, 6.45) is 3.93. The average molecular weight is 337 g/mol. The fourth-order valence-electron chi connectivity index (χ4n) is 3.66. The summed E-state index contributed by atoms with van der Waals surface area (Å²) in [5.41, 5.74) is 1.20. The van der Waals surface area contributed by atoms with Crippen LogP contribution in [0.25, 0.3) is 0 Å². The van der Waals surface area contributed by atoms with Crippen molar-refractivity contribution in [2.45, 2.75) is 38.1 Å². The molecule has 7 nitrogen and oxygen atoms in total. The van der Waals surface area contributed by atoms with Crippen molar-refractivity contribution in [3.05, 3.63) is 50.7 Å². The summed E-state index contributed by atoms with van der Waals surface area (Å²) in [6, 6.07) is 3.65. The van der Waals surface area contributed by atoms with Crippen molar-refractivity contribution in [1.82, 2.24) is 14.8 Å². The summed E-state index contributed by atoms with van der Waals surface area (Å²) in [5.74, 6) is 0.728. The fraction of sp³-hybridized carbons (Fsp3) is 0.533. The number of halogens is 1. The molecule has 0 spiro atoms. The van der Waals surface area contributed by atoms with Crippen LogP contribution in [-0.2, 0) is 11.3 Å². The van der Waals surface area contributed by atoms with Crippen LogP contribution in [-0.4, -0.2) is 45.1 Å². The van der Waals surface area contributed by atoms with Crippen molar-refractivity contribution in [3.8, 4) is 0 Å². The van der Waals surface area contributed by atoms with E-state index < -0.39 is 0 Å². The molecule has 0 N–H and O–H groups in total. The minimum atomic E-state index is -0.390. The zero-order valence-electron chi connectivity index (χ0n) is 12.5. The predicted molar refractivity (Wildman–Crippen MR) is 82.9 cm³/mol. The highest BCUT2D eigenvalue weighted by atomic mass is 35.5. The molecule has 0 aromatic carbocycles. The Morgan fingerprint density at radius 3 is 3.00 bits per heavy atom. The molecule has 3 aliphatic rings. The third kappa shape index (κ3) is 2.53. The lowest BCUT2D eigenvalue weighted by Crippen LogP contribution is -2.48. The largest absolute Gasteiger partial charge is 0.347 e. The van der Waals surface area contributed by atoms with Gasteiger partial charge >= 0.3 is 5.70 Å². The monoisotopic (exact) mass is 336 g/mol. The number of hydrogen-bond donors (Lipinski definition) is 0. The van der Waals surface area contributed by atoms with E-state index in [0.717, 1.165) is 43.7 Å². The molecule has 2 atom stereocenters. The third-order valence-electron chi connectivity index (χ3n) is 4.66. The first-order chi connectivity index (χ1) is 11.1. The van der Waals surface area contributed by atoms with E-state index in [1.54, 1.807) is 12.3 Å². The zero-order valence-corrected chi connectivity index (χ0v) is 13.3. The van der Waals surface area contributed by atoms with Gasteiger partial charge in [0.2, 0.25) is 0 Å². The lowest BCUT2D eigenvalue weighted by molar-refractivity contribution is -0.448. The van der Waals surface area contributed by atoms with Gasteiger partial charge in [0, 0.05) is 25.8 Å². The van der Waals surface area contributed by atoms with Crippen molar-refractivity contribution in [3.63, 3.8) is 0 Å². The Morgan fingerprint density at radius 1 is 1.39 bits per heavy atom. The van der Waals surface area contributed by atoms with Crippen molar-refractivity contribution in [2.75, 3.05) is 13.1 Å². The number of hydrogen-bond acceptors (Lipinski definition) is 6. The summed E-state index contributed by atoms with van der Waals surface area (Å²) in [7, 11) is 0. The van der Waals surface area contributed by atoms with Gasteiger partial charge in [-0.15, -0.1) is 0 Å². The molecule has 2 fully saturated rings. The molecule has 0 amide bonds. The van der Waals surface area contributed by atoms with Crippen LogP contribution in [0.2, 0.25) is 5.15 Å². The van der Waals surface area contributed by atoms with Crippen LogP contribution in [0, 0.1) is 10.1 Å². The van der Waals surface area contributed by atoms with Gasteiger partial charge in [-0.25, -0.2) is 4.98 Å². The van der Waals surface area contributed by atoms with Gasteiger partial charge in [-0.05, 0) is 30.9 Å². The number of rotatable bonds is 3. The molecule has 2 unspecified atom stereocenters. The third-order valence-corrected chi connectivity index (χ3v) is 4.89. The van der Waals surface area contributed by atoms with Gasteiger partial charge in [0.05, 0.1) is 4.92 Å². The van der Waals surface area contributed by atoms with Crippen LogP contribution in [0.5, 0.6) is 0 Å². The first-order valence-electron chi connectivity index (χ1n) is 7.79. The number of nitrogens with zero attached hydrogens (tertiary/aromatic N) is 4. The van der Waals surface area contributed by atoms with E-state index in [9.17, 15) is 10.1 Å². The maximum Gasteiger partial charge on any atom is 0.314 e. The molecule has 1 aromatic rings. The summed E-state index contributed by atoms with van der Waals surface area (Å²) in [5, 5.41) is 12.1. The smallest absolute Gasteiger partial charge is 0.314 e. The second kappa shape index (κ2) is 5.65. The van der Waals surface area contributed by atoms with Crippen LogP contribution < -0.4 is 0 Å². The Morgan fingerprint density at radius 2 is 2.26 bits per heavy atom. The summed E-state index contributed by atoms with van der Waals surface area (Å²) in [6.45, 7) is 2.10. The Hall–Kier alpha value is -1.86. The van der Waals surface area contributed by atoms with Crippen molar-refractivity contribution in [2.24, 2.45) is 0 Å². The molecule has 2 saturated heterocycles. The Labute approximate surface area is 138 Å². The van der Waals surface area contributed by atoms with Gasteiger partial charge in [-0.1, -0.05) is 17.7 Å². The Bertz CT molecular complexity index is 663. The quantitative estimate of drug-likeness (QED) is 0.479. The second-order valence-corrected chi connectivity index (χ2v) is 6.47. The van der Waals surface area contributed by atoms with Crippen LogP contribution in [0.1, 0.15) is 24.8 Å². The summed E-state index contributed by atoms with van der Waals surface area (Å²) < 4.78 is 5.89. The predicted octanol–water partition coefficient (Wildman–Crippen LogP) is 2.21. The fourth-order valence-corrected chi connectivity index (χ4v) is 3.77. The number of aromatic nitrogens is 1. The normalized spacial score (nSPS) is 26.5. The maximum atomic E-state index is 11.6. The summed E-state index contributed by atoms with van der Waals surface area (Å²) >= 11 is 5.82. The molecule has 0 saturated carbocycles. The van der Waals surface area contributed by atoms with E-state index in [1.165, 1.54) is 0 Å². The number of ether oxygens (including phenoxy) is 1. The van der Waals surface area contributed by atoms with Gasteiger partial charge in [-0.2, -0.15) is 0 Å². The number of pyridine rings is 1. The average Bonchev–Trinajstić information content (AvgIpc) is 2.93. The number of nitro groups is 1. The lowest BCUT2D eigenvalue weighted by atomic mass is 10.0. The van der Waals surface area contributed by atoms with Gasteiger partial charge in [0.25, 0.3) is 0 Å². The molecule has 0 radical (unpaired) electrons. The van der Waals surface area contributed by atoms with E-state index >= 15 is 0 Å². The van der Waals surface area contributed by atoms with Crippen LogP contribution in [0.3, 0.4) is 0 Å². The number of fused-ring (bicyclic) bond motifs is 4. The minimum Gasteiger partial charge on any atom is -0.347 e. The zero-order chi connectivity index (χ0) is 16.0. The highest BCUT2D eigenvalue weighted by molar-refractivity contribution is 6.29. The van der Waals surface area contributed by atoms with E-state index in [2.05, 4.69) is 14.8 Å². The molecule has 23 heavy (non-hydrogen) atoms. The second-order valence-electron chi connectivity index (χ2n) is 6.08. The van der Waals surface area contributed by atoms with Gasteiger partial charge in [0.1, 0.15) is 11.4 Å². The molecule has 4 rings (SSSR count). The summed E-state index contributed by atoms with van der Waals surface area (Å²) in [4.78, 5) is 19.6. The SMILES string of the molecule is O=[N+]([O-])C1=C2N(Cc3ccc(Cl)nc3)CCN2C2CCCC1O2. The van der Waals surface area contributed by atoms with Gasteiger partial charge < -0.3 is 14.5 Å². The van der Waals surface area contributed by atoms with Crippen molar-refractivity contribution < 1.29 is 9.66 Å². The highest BCUT2D eigenvalue weighted by Crippen LogP contribution is 2.39. The van der Waals surface area contributed by atoms with Crippen LogP contribution >= 0.6 is 11.6 Å². The highest BCUT2D eigenvalue weighted by Gasteiger charge is 2.48. The van der Waals surface area contributed by atoms with E-state index in [1.807, 2.05) is 6.07 Å². The molecule has 1 aromatic heterocycles. The molecular weight excluding hydrogens is 320 g/mol.